The second-order valence-electron chi connectivity index (χ2n) is 5.88. The fourth-order valence-electron chi connectivity index (χ4n) is 2.33. The molecule has 0 aliphatic carbocycles. The van der Waals surface area contributed by atoms with Gasteiger partial charge < -0.3 is 10.6 Å². The maximum absolute atomic E-state index is 12.7. The zero-order chi connectivity index (χ0) is 20.7. The number of hydrogen-bond donors (Lipinski definition) is 3. The van der Waals surface area contributed by atoms with E-state index in [1.54, 1.807) is 30.3 Å². The molecule has 150 valence electrons. The van der Waals surface area contributed by atoms with Crippen LogP contribution in [0.25, 0.3) is 0 Å². The van der Waals surface area contributed by atoms with Crippen LogP contribution in [-0.2, 0) is 14.8 Å². The van der Waals surface area contributed by atoms with Gasteiger partial charge in [-0.2, -0.15) is 11.8 Å². The Bertz CT molecular complexity index is 950. The molecule has 0 radical (unpaired) electrons. The van der Waals surface area contributed by atoms with Crippen molar-refractivity contribution in [2.75, 3.05) is 17.3 Å². The molecule has 2 amide bonds. The van der Waals surface area contributed by atoms with Crippen molar-refractivity contribution in [2.45, 2.75) is 17.4 Å². The van der Waals surface area contributed by atoms with Crippen LogP contribution in [0.2, 0.25) is 5.02 Å². The summed E-state index contributed by atoms with van der Waals surface area (Å²) in [6.45, 7) is 0. The van der Waals surface area contributed by atoms with Gasteiger partial charge in [-0.3, -0.25) is 9.59 Å². The molecule has 4 N–H and O–H groups in total. The van der Waals surface area contributed by atoms with E-state index in [0.717, 1.165) is 0 Å². The van der Waals surface area contributed by atoms with E-state index < -0.39 is 27.9 Å². The monoisotopic (exact) mass is 441 g/mol. The van der Waals surface area contributed by atoms with Gasteiger partial charge in [-0.25, -0.2) is 13.6 Å². The molecule has 0 fully saturated rings. The van der Waals surface area contributed by atoms with Crippen molar-refractivity contribution in [3.05, 3.63) is 59.1 Å². The zero-order valence-corrected chi connectivity index (χ0v) is 17.4. The summed E-state index contributed by atoms with van der Waals surface area (Å²) in [5.74, 6) is -0.213. The molecule has 0 unspecified atom stereocenters. The lowest BCUT2D eigenvalue weighted by Gasteiger charge is -2.18. The molecule has 7 nitrogen and oxygen atoms in total. The number of sulfonamides is 1. The first kappa shape index (κ1) is 22.2. The van der Waals surface area contributed by atoms with Crippen LogP contribution in [0.3, 0.4) is 0 Å². The van der Waals surface area contributed by atoms with Gasteiger partial charge in [-0.05, 0) is 60.9 Å². The van der Waals surface area contributed by atoms with Gasteiger partial charge in [0.05, 0.1) is 4.90 Å². The molecular formula is C18H20ClN3O4S2. The van der Waals surface area contributed by atoms with Gasteiger partial charge in [0.1, 0.15) is 6.04 Å². The first-order valence-corrected chi connectivity index (χ1v) is 11.5. The highest BCUT2D eigenvalue weighted by molar-refractivity contribution is 7.98. The van der Waals surface area contributed by atoms with Crippen LogP contribution in [0.1, 0.15) is 16.8 Å². The molecule has 0 heterocycles. The highest BCUT2D eigenvalue weighted by Crippen LogP contribution is 2.15. The molecule has 1 atom stereocenters. The number of nitrogens with one attached hydrogen (secondary N) is 2. The quantitative estimate of drug-likeness (QED) is 0.581. The van der Waals surface area contributed by atoms with Crippen LogP contribution in [0.5, 0.6) is 0 Å². The Morgan fingerprint density at radius 2 is 1.86 bits per heavy atom. The van der Waals surface area contributed by atoms with E-state index in [0.29, 0.717) is 22.8 Å². The van der Waals surface area contributed by atoms with Gasteiger partial charge in [0.2, 0.25) is 15.9 Å². The SMILES string of the molecule is CSCC[C@@H](NC(=O)c1ccc(Cl)cc1)C(=O)Nc1cccc(S(N)(=O)=O)c1. The van der Waals surface area contributed by atoms with Crippen molar-refractivity contribution in [1.82, 2.24) is 5.32 Å². The molecule has 2 rings (SSSR count). The van der Waals surface area contributed by atoms with Crippen LogP contribution in [-0.4, -0.2) is 38.3 Å². The lowest BCUT2D eigenvalue weighted by molar-refractivity contribution is -0.118. The van der Waals surface area contributed by atoms with Gasteiger partial charge in [0.25, 0.3) is 5.91 Å². The number of halogens is 1. The zero-order valence-electron chi connectivity index (χ0n) is 15.0. The van der Waals surface area contributed by atoms with E-state index in [2.05, 4.69) is 10.6 Å². The summed E-state index contributed by atoms with van der Waals surface area (Å²) in [6, 6.07) is 11.1. The minimum Gasteiger partial charge on any atom is -0.340 e. The van der Waals surface area contributed by atoms with Crippen LogP contribution in [0.4, 0.5) is 5.69 Å². The van der Waals surface area contributed by atoms with Crippen molar-refractivity contribution in [3.8, 4) is 0 Å². The number of anilines is 1. The lowest BCUT2D eigenvalue weighted by atomic mass is 10.1. The van der Waals surface area contributed by atoms with Crippen molar-refractivity contribution < 1.29 is 18.0 Å². The van der Waals surface area contributed by atoms with Crippen molar-refractivity contribution in [2.24, 2.45) is 5.14 Å². The number of benzene rings is 2. The number of amides is 2. The Morgan fingerprint density at radius 1 is 1.18 bits per heavy atom. The van der Waals surface area contributed by atoms with E-state index in [1.165, 1.54) is 30.0 Å². The molecule has 0 bridgehead atoms. The number of rotatable bonds is 8. The Hall–Kier alpha value is -2.07. The minimum absolute atomic E-state index is 0.115. The van der Waals surface area contributed by atoms with Gasteiger partial charge in [-0.15, -0.1) is 0 Å². The van der Waals surface area contributed by atoms with Crippen molar-refractivity contribution in [3.63, 3.8) is 0 Å². The third kappa shape index (κ3) is 6.52. The summed E-state index contributed by atoms with van der Waals surface area (Å²) in [5, 5.41) is 10.9. The summed E-state index contributed by atoms with van der Waals surface area (Å²) in [7, 11) is -3.89. The second kappa shape index (κ2) is 9.92. The predicted molar refractivity (Wildman–Crippen MR) is 112 cm³/mol. The van der Waals surface area contributed by atoms with Crippen LogP contribution in [0.15, 0.2) is 53.4 Å². The third-order valence-electron chi connectivity index (χ3n) is 3.77. The summed E-state index contributed by atoms with van der Waals surface area (Å²) in [4.78, 5) is 25.0. The lowest BCUT2D eigenvalue weighted by Crippen LogP contribution is -2.44. The Balaban J connectivity index is 2.14. The molecule has 0 spiro atoms. The molecule has 0 saturated carbocycles. The number of carbonyl (C=O) groups is 2. The molecule has 0 aromatic heterocycles. The van der Waals surface area contributed by atoms with Gasteiger partial charge in [0.15, 0.2) is 0 Å². The number of thioether (sulfide) groups is 1. The topological polar surface area (TPSA) is 118 Å². The van der Waals surface area contributed by atoms with E-state index in [9.17, 15) is 18.0 Å². The summed E-state index contributed by atoms with van der Waals surface area (Å²) < 4.78 is 22.9. The molecule has 2 aromatic rings. The Kier molecular flexibility index (Phi) is 7.88. The molecule has 2 aromatic carbocycles. The van der Waals surface area contributed by atoms with Crippen LogP contribution >= 0.6 is 23.4 Å². The Labute approximate surface area is 173 Å². The van der Waals surface area contributed by atoms with Gasteiger partial charge in [-0.1, -0.05) is 17.7 Å². The normalized spacial score (nSPS) is 12.2. The highest BCUT2D eigenvalue weighted by Gasteiger charge is 2.22. The second-order valence-corrected chi connectivity index (χ2v) is 8.86. The summed E-state index contributed by atoms with van der Waals surface area (Å²) >= 11 is 7.37. The maximum Gasteiger partial charge on any atom is 0.251 e. The largest absolute Gasteiger partial charge is 0.340 e. The van der Waals surface area contributed by atoms with E-state index in [1.807, 2.05) is 6.26 Å². The Morgan fingerprint density at radius 3 is 2.46 bits per heavy atom. The van der Waals surface area contributed by atoms with Crippen molar-refractivity contribution in [1.29, 1.82) is 0 Å². The predicted octanol–water partition coefficient (Wildman–Crippen LogP) is 2.48. The number of carbonyl (C=O) groups excluding carboxylic acids is 2. The first-order valence-electron chi connectivity index (χ1n) is 8.20. The van der Waals surface area contributed by atoms with E-state index in [-0.39, 0.29) is 10.6 Å². The van der Waals surface area contributed by atoms with Crippen LogP contribution < -0.4 is 15.8 Å². The fraction of sp³-hybridized carbons (Fsp3) is 0.222. The van der Waals surface area contributed by atoms with E-state index >= 15 is 0 Å². The van der Waals surface area contributed by atoms with Crippen LogP contribution in [0, 0.1) is 0 Å². The average molecular weight is 442 g/mol. The minimum atomic E-state index is -3.89. The number of hydrogen-bond acceptors (Lipinski definition) is 5. The summed E-state index contributed by atoms with van der Waals surface area (Å²) in [5.41, 5.74) is 0.647. The van der Waals surface area contributed by atoms with E-state index in [4.69, 9.17) is 16.7 Å². The van der Waals surface area contributed by atoms with Gasteiger partial charge in [0, 0.05) is 16.3 Å². The highest BCUT2D eigenvalue weighted by atomic mass is 35.5. The maximum atomic E-state index is 12.7. The molecule has 28 heavy (non-hydrogen) atoms. The molecule has 0 aliphatic heterocycles. The number of nitrogens with two attached hydrogens (primary N) is 1. The fourth-order valence-corrected chi connectivity index (χ4v) is 3.48. The van der Waals surface area contributed by atoms with Gasteiger partial charge >= 0.3 is 0 Å². The molecule has 0 aliphatic rings. The van der Waals surface area contributed by atoms with Crippen molar-refractivity contribution >= 4 is 50.9 Å². The molecule has 0 saturated heterocycles. The molecular weight excluding hydrogens is 422 g/mol. The summed E-state index contributed by atoms with van der Waals surface area (Å²) in [6.07, 6.45) is 2.30. The number of primary sulfonamides is 1. The average Bonchev–Trinajstić information content (AvgIpc) is 2.65. The third-order valence-corrected chi connectivity index (χ3v) is 5.58. The smallest absolute Gasteiger partial charge is 0.251 e. The first-order chi connectivity index (χ1) is 13.2. The standard InChI is InChI=1S/C18H20ClN3O4S2/c1-27-10-9-16(22-17(23)12-5-7-13(19)8-6-12)18(24)21-14-3-2-4-15(11-14)28(20,25)26/h2-8,11,16H,9-10H2,1H3,(H,21,24)(H,22,23)(H2,20,25,26)/t16-/m1/s1. The molecule has 10 heteroatoms.